The summed E-state index contributed by atoms with van der Waals surface area (Å²) in [6.45, 7) is 0. The van der Waals surface area contributed by atoms with Crippen LogP contribution < -0.4 is 0 Å². The number of benzene rings is 1. The Kier molecular flexibility index (Phi) is 1.98. The SMILES string of the molecule is Oc1ccc(-c2ncc(F)s2)cc1. The van der Waals surface area contributed by atoms with E-state index in [-0.39, 0.29) is 10.9 Å². The minimum atomic E-state index is -0.303. The predicted octanol–water partition coefficient (Wildman–Crippen LogP) is 2.65. The van der Waals surface area contributed by atoms with Crippen LogP contribution in [0, 0.1) is 5.13 Å². The molecule has 0 atom stereocenters. The van der Waals surface area contributed by atoms with Crippen LogP contribution in [-0.2, 0) is 0 Å². The van der Waals surface area contributed by atoms with Crippen LogP contribution in [0.25, 0.3) is 10.6 Å². The second-order valence-electron chi connectivity index (χ2n) is 2.52. The molecule has 0 aliphatic heterocycles. The van der Waals surface area contributed by atoms with Gasteiger partial charge >= 0.3 is 0 Å². The van der Waals surface area contributed by atoms with E-state index in [4.69, 9.17) is 5.11 Å². The zero-order valence-corrected chi connectivity index (χ0v) is 7.38. The van der Waals surface area contributed by atoms with E-state index in [1.807, 2.05) is 0 Å². The van der Waals surface area contributed by atoms with Gasteiger partial charge in [-0.3, -0.25) is 0 Å². The summed E-state index contributed by atoms with van der Waals surface area (Å²) in [5.41, 5.74) is 0.812. The maximum Gasteiger partial charge on any atom is 0.196 e. The maximum absolute atomic E-state index is 12.6. The van der Waals surface area contributed by atoms with Crippen LogP contribution in [0.4, 0.5) is 4.39 Å². The Morgan fingerprint density at radius 2 is 1.92 bits per heavy atom. The Bertz CT molecular complexity index is 410. The molecule has 0 saturated carbocycles. The second kappa shape index (κ2) is 3.14. The van der Waals surface area contributed by atoms with Crippen LogP contribution in [0.1, 0.15) is 0 Å². The molecular weight excluding hydrogens is 189 g/mol. The average molecular weight is 195 g/mol. The molecule has 1 N–H and O–H groups in total. The summed E-state index contributed by atoms with van der Waals surface area (Å²) in [5, 5.41) is 9.34. The minimum Gasteiger partial charge on any atom is -0.508 e. The van der Waals surface area contributed by atoms with Gasteiger partial charge in [0.2, 0.25) is 0 Å². The molecule has 0 saturated heterocycles. The van der Waals surface area contributed by atoms with Crippen molar-refractivity contribution in [3.8, 4) is 16.3 Å². The minimum absolute atomic E-state index is 0.195. The first-order valence-corrected chi connectivity index (χ1v) is 4.48. The molecule has 0 unspecified atom stereocenters. The highest BCUT2D eigenvalue weighted by Gasteiger charge is 2.03. The van der Waals surface area contributed by atoms with Crippen molar-refractivity contribution in [1.82, 2.24) is 4.98 Å². The van der Waals surface area contributed by atoms with Crippen molar-refractivity contribution in [2.75, 3.05) is 0 Å². The lowest BCUT2D eigenvalue weighted by Crippen LogP contribution is -1.73. The van der Waals surface area contributed by atoms with Crippen molar-refractivity contribution in [2.24, 2.45) is 0 Å². The van der Waals surface area contributed by atoms with Gasteiger partial charge in [0, 0.05) is 5.56 Å². The average Bonchev–Trinajstić information content (AvgIpc) is 2.53. The van der Waals surface area contributed by atoms with Crippen molar-refractivity contribution < 1.29 is 9.50 Å². The molecule has 0 aliphatic rings. The van der Waals surface area contributed by atoms with Crippen LogP contribution in [0.5, 0.6) is 5.75 Å². The van der Waals surface area contributed by atoms with E-state index >= 15 is 0 Å². The molecule has 0 amide bonds. The lowest BCUT2D eigenvalue weighted by Gasteiger charge is -1.94. The van der Waals surface area contributed by atoms with E-state index in [1.54, 1.807) is 24.3 Å². The summed E-state index contributed by atoms with van der Waals surface area (Å²) in [7, 11) is 0. The smallest absolute Gasteiger partial charge is 0.196 e. The van der Waals surface area contributed by atoms with Gasteiger partial charge in [-0.1, -0.05) is 11.3 Å². The fourth-order valence-electron chi connectivity index (χ4n) is 0.992. The Hall–Kier alpha value is -1.42. The van der Waals surface area contributed by atoms with Crippen LogP contribution >= 0.6 is 11.3 Å². The van der Waals surface area contributed by atoms with Gasteiger partial charge in [-0.25, -0.2) is 4.98 Å². The molecule has 2 aromatic rings. The number of aromatic hydroxyl groups is 1. The summed E-state index contributed by atoms with van der Waals surface area (Å²) < 4.78 is 12.6. The number of phenolic OH excluding ortho intramolecular Hbond substituents is 1. The zero-order chi connectivity index (χ0) is 9.26. The lowest BCUT2D eigenvalue weighted by molar-refractivity contribution is 0.475. The number of nitrogens with zero attached hydrogens (tertiary/aromatic N) is 1. The normalized spacial score (nSPS) is 10.2. The van der Waals surface area contributed by atoms with Crippen LogP contribution in [0.2, 0.25) is 0 Å². The molecule has 0 aliphatic carbocycles. The number of thiazole rings is 1. The Morgan fingerprint density at radius 1 is 1.23 bits per heavy atom. The summed E-state index contributed by atoms with van der Waals surface area (Å²) >= 11 is 0.987. The zero-order valence-electron chi connectivity index (χ0n) is 6.57. The van der Waals surface area contributed by atoms with E-state index in [0.717, 1.165) is 16.9 Å². The summed E-state index contributed by atoms with van der Waals surface area (Å²) in [6, 6.07) is 6.50. The second-order valence-corrected chi connectivity index (χ2v) is 3.50. The first kappa shape index (κ1) is 8.19. The van der Waals surface area contributed by atoms with E-state index in [0.29, 0.717) is 5.01 Å². The fourth-order valence-corrected chi connectivity index (χ4v) is 1.64. The van der Waals surface area contributed by atoms with Crippen LogP contribution in [0.3, 0.4) is 0 Å². The van der Waals surface area contributed by atoms with Crippen LogP contribution in [-0.4, -0.2) is 10.1 Å². The van der Waals surface area contributed by atoms with Gasteiger partial charge in [0.05, 0.1) is 6.20 Å². The molecule has 2 rings (SSSR count). The number of aromatic nitrogens is 1. The van der Waals surface area contributed by atoms with Crippen molar-refractivity contribution in [3.63, 3.8) is 0 Å². The molecule has 0 spiro atoms. The molecule has 2 nitrogen and oxygen atoms in total. The number of hydrogen-bond donors (Lipinski definition) is 1. The third-order valence-electron chi connectivity index (χ3n) is 1.59. The molecule has 0 radical (unpaired) electrons. The summed E-state index contributed by atoms with van der Waals surface area (Å²) in [6.07, 6.45) is 1.19. The van der Waals surface area contributed by atoms with Crippen molar-refractivity contribution in [3.05, 3.63) is 35.6 Å². The molecule has 0 bridgehead atoms. The molecule has 1 aromatic carbocycles. The third-order valence-corrected chi connectivity index (χ3v) is 2.43. The van der Waals surface area contributed by atoms with Gasteiger partial charge in [-0.2, -0.15) is 4.39 Å². The summed E-state index contributed by atoms with van der Waals surface area (Å²) in [5.74, 6) is 0.195. The highest BCUT2D eigenvalue weighted by Crippen LogP contribution is 2.25. The van der Waals surface area contributed by atoms with Crippen LogP contribution in [0.15, 0.2) is 30.5 Å². The topological polar surface area (TPSA) is 33.1 Å². The Balaban J connectivity index is 2.41. The standard InChI is InChI=1S/C9H6FNOS/c10-8-5-11-9(13-8)6-1-3-7(12)4-2-6/h1-5,12H. The van der Waals surface area contributed by atoms with E-state index < -0.39 is 0 Å². The van der Waals surface area contributed by atoms with Crippen molar-refractivity contribution in [2.45, 2.75) is 0 Å². The van der Waals surface area contributed by atoms with Gasteiger partial charge < -0.3 is 5.11 Å². The first-order valence-electron chi connectivity index (χ1n) is 3.66. The molecule has 1 heterocycles. The molecule has 1 aromatic heterocycles. The molecule has 66 valence electrons. The Morgan fingerprint density at radius 3 is 2.46 bits per heavy atom. The van der Waals surface area contributed by atoms with Gasteiger partial charge in [0.1, 0.15) is 10.8 Å². The number of hydrogen-bond acceptors (Lipinski definition) is 3. The maximum atomic E-state index is 12.6. The monoisotopic (exact) mass is 195 g/mol. The number of halogens is 1. The van der Waals surface area contributed by atoms with E-state index in [2.05, 4.69) is 4.98 Å². The van der Waals surface area contributed by atoms with Crippen molar-refractivity contribution >= 4 is 11.3 Å². The van der Waals surface area contributed by atoms with Gasteiger partial charge in [-0.05, 0) is 24.3 Å². The molecule has 0 fully saturated rings. The van der Waals surface area contributed by atoms with Gasteiger partial charge in [0.15, 0.2) is 5.13 Å². The number of phenols is 1. The van der Waals surface area contributed by atoms with Gasteiger partial charge in [-0.15, -0.1) is 0 Å². The summed E-state index contributed by atoms with van der Waals surface area (Å²) in [4.78, 5) is 3.88. The Labute approximate surface area is 78.3 Å². The first-order chi connectivity index (χ1) is 6.25. The largest absolute Gasteiger partial charge is 0.508 e. The molecular formula is C9H6FNOS. The van der Waals surface area contributed by atoms with Gasteiger partial charge in [0.25, 0.3) is 0 Å². The molecule has 13 heavy (non-hydrogen) atoms. The van der Waals surface area contributed by atoms with E-state index in [9.17, 15) is 4.39 Å². The van der Waals surface area contributed by atoms with E-state index in [1.165, 1.54) is 6.20 Å². The third kappa shape index (κ3) is 1.67. The number of rotatable bonds is 1. The quantitative estimate of drug-likeness (QED) is 0.758. The predicted molar refractivity (Wildman–Crippen MR) is 49.2 cm³/mol. The lowest BCUT2D eigenvalue weighted by atomic mass is 10.2. The highest BCUT2D eigenvalue weighted by atomic mass is 32.1. The van der Waals surface area contributed by atoms with Crippen molar-refractivity contribution in [1.29, 1.82) is 0 Å². The molecule has 4 heteroatoms. The highest BCUT2D eigenvalue weighted by molar-refractivity contribution is 7.13. The fraction of sp³-hybridized carbons (Fsp3) is 0.